The third-order valence-electron chi connectivity index (χ3n) is 4.92. The number of Topliss-reactive ketones (excluding diaryl/α,β-unsaturated/α-hetero) is 1. The van der Waals surface area contributed by atoms with Gasteiger partial charge in [0.2, 0.25) is 0 Å². The highest BCUT2D eigenvalue weighted by Crippen LogP contribution is 2.41. The van der Waals surface area contributed by atoms with Crippen LogP contribution < -0.4 is 9.47 Å². The Kier molecular flexibility index (Phi) is 6.58. The van der Waals surface area contributed by atoms with Gasteiger partial charge in [0.05, 0.1) is 35.9 Å². The molecule has 0 radical (unpaired) electrons. The monoisotopic (exact) mass is 449 g/mol. The van der Waals surface area contributed by atoms with Crippen LogP contribution >= 0.6 is 23.2 Å². The molecule has 1 fully saturated rings. The summed E-state index contributed by atoms with van der Waals surface area (Å²) in [6.45, 7) is 2.25. The number of methoxy groups -OCH3 is 2. The number of halogens is 2. The Labute approximate surface area is 184 Å². The minimum atomic E-state index is -0.784. The van der Waals surface area contributed by atoms with Gasteiger partial charge in [0.15, 0.2) is 11.5 Å². The molecule has 0 aliphatic carbocycles. The number of carbonyl (C=O) groups is 2. The van der Waals surface area contributed by atoms with Crippen LogP contribution in [0.2, 0.25) is 10.0 Å². The molecule has 158 valence electrons. The lowest BCUT2D eigenvalue weighted by Gasteiger charge is -2.25. The lowest BCUT2D eigenvalue weighted by molar-refractivity contribution is -0.139. The van der Waals surface area contributed by atoms with Gasteiger partial charge < -0.3 is 19.5 Å². The topological polar surface area (TPSA) is 76.1 Å². The van der Waals surface area contributed by atoms with E-state index < -0.39 is 17.7 Å². The Hall–Kier alpha value is -2.70. The van der Waals surface area contributed by atoms with Crippen LogP contribution in [0.5, 0.6) is 11.5 Å². The largest absolute Gasteiger partial charge is 0.507 e. The highest BCUT2D eigenvalue weighted by atomic mass is 35.5. The zero-order valence-corrected chi connectivity index (χ0v) is 18.3. The van der Waals surface area contributed by atoms with Crippen LogP contribution in [-0.2, 0) is 9.59 Å². The first-order chi connectivity index (χ1) is 14.3. The van der Waals surface area contributed by atoms with Crippen molar-refractivity contribution in [3.63, 3.8) is 0 Å². The van der Waals surface area contributed by atoms with Gasteiger partial charge in [-0.1, -0.05) is 36.2 Å². The quantitative estimate of drug-likeness (QED) is 0.387. The van der Waals surface area contributed by atoms with E-state index in [-0.39, 0.29) is 11.3 Å². The van der Waals surface area contributed by atoms with Crippen molar-refractivity contribution in [3.05, 3.63) is 63.1 Å². The van der Waals surface area contributed by atoms with E-state index in [1.807, 2.05) is 6.92 Å². The molecule has 1 aliphatic heterocycles. The van der Waals surface area contributed by atoms with Gasteiger partial charge in [-0.25, -0.2) is 0 Å². The molecule has 1 aliphatic rings. The molecule has 0 saturated carbocycles. The molecular formula is C22H21Cl2NO5. The molecule has 6 nitrogen and oxygen atoms in total. The lowest BCUT2D eigenvalue weighted by Crippen LogP contribution is -2.30. The second-order valence-electron chi connectivity index (χ2n) is 6.74. The number of hydrogen-bond donors (Lipinski definition) is 1. The number of amides is 1. The normalized spacial score (nSPS) is 18.0. The second-order valence-corrected chi connectivity index (χ2v) is 7.55. The molecule has 0 spiro atoms. The average Bonchev–Trinajstić information content (AvgIpc) is 3.00. The summed E-state index contributed by atoms with van der Waals surface area (Å²) in [5, 5.41) is 11.7. The molecule has 1 unspecified atom stereocenters. The van der Waals surface area contributed by atoms with Crippen LogP contribution in [0.25, 0.3) is 5.76 Å². The first-order valence-corrected chi connectivity index (χ1v) is 10.0. The number of likely N-dealkylation sites (tertiary alicyclic amines) is 1. The maximum absolute atomic E-state index is 12.9. The lowest BCUT2D eigenvalue weighted by atomic mass is 9.95. The van der Waals surface area contributed by atoms with Crippen LogP contribution in [0.3, 0.4) is 0 Å². The molecular weight excluding hydrogens is 429 g/mol. The molecule has 1 amide bonds. The fourth-order valence-electron chi connectivity index (χ4n) is 3.52. The predicted octanol–water partition coefficient (Wildman–Crippen LogP) is 4.84. The number of nitrogens with zero attached hydrogens (tertiary/aromatic N) is 1. The van der Waals surface area contributed by atoms with E-state index in [0.29, 0.717) is 45.6 Å². The van der Waals surface area contributed by atoms with Crippen molar-refractivity contribution in [1.82, 2.24) is 4.90 Å². The number of aliphatic hydroxyl groups is 1. The number of ether oxygens (including phenoxy) is 2. The maximum Gasteiger partial charge on any atom is 0.295 e. The van der Waals surface area contributed by atoms with E-state index in [9.17, 15) is 14.7 Å². The number of benzene rings is 2. The highest BCUT2D eigenvalue weighted by molar-refractivity contribution is 6.46. The average molecular weight is 450 g/mol. The van der Waals surface area contributed by atoms with E-state index in [1.165, 1.54) is 19.1 Å². The molecule has 0 aromatic heterocycles. The minimum absolute atomic E-state index is 0.0148. The van der Waals surface area contributed by atoms with Crippen LogP contribution in [0.15, 0.2) is 42.0 Å². The summed E-state index contributed by atoms with van der Waals surface area (Å²) in [5.41, 5.74) is 0.894. The van der Waals surface area contributed by atoms with Crippen LogP contribution in [-0.4, -0.2) is 42.5 Å². The number of aliphatic hydroxyl groups excluding tert-OH is 1. The summed E-state index contributed by atoms with van der Waals surface area (Å²) in [6, 6.07) is 8.86. The minimum Gasteiger partial charge on any atom is -0.507 e. The van der Waals surface area contributed by atoms with Gasteiger partial charge in [0.1, 0.15) is 5.76 Å². The standard InChI is InChI=1S/C22H21Cl2NO5/c1-4-9-25-19(12-5-7-14(23)15(24)10-12)18(21(27)22(25)28)20(26)13-6-8-16(29-2)17(11-13)30-3/h5-8,10-11,19,26H,4,9H2,1-3H3/b20-18-. The van der Waals surface area contributed by atoms with Crippen molar-refractivity contribution in [2.45, 2.75) is 19.4 Å². The van der Waals surface area contributed by atoms with Gasteiger partial charge in [0, 0.05) is 12.1 Å². The molecule has 1 N–H and O–H groups in total. The maximum atomic E-state index is 12.9. The predicted molar refractivity (Wildman–Crippen MR) is 115 cm³/mol. The Bertz CT molecular complexity index is 1030. The van der Waals surface area contributed by atoms with Crippen LogP contribution in [0.1, 0.15) is 30.5 Å². The zero-order chi connectivity index (χ0) is 22.0. The van der Waals surface area contributed by atoms with E-state index in [2.05, 4.69) is 0 Å². The summed E-state index contributed by atoms with van der Waals surface area (Å²) in [4.78, 5) is 27.1. The Balaban J connectivity index is 2.21. The number of ketones is 1. The molecule has 3 rings (SSSR count). The SMILES string of the molecule is CCCN1C(=O)C(=O)/C(=C(\O)c2ccc(OC)c(OC)c2)C1c1ccc(Cl)c(Cl)c1. The van der Waals surface area contributed by atoms with Gasteiger partial charge in [-0.15, -0.1) is 0 Å². The van der Waals surface area contributed by atoms with Crippen LogP contribution in [0, 0.1) is 0 Å². The first-order valence-electron chi connectivity index (χ1n) is 9.29. The molecule has 8 heteroatoms. The molecule has 0 bridgehead atoms. The van der Waals surface area contributed by atoms with E-state index in [1.54, 1.807) is 36.4 Å². The van der Waals surface area contributed by atoms with Crippen molar-refractivity contribution in [1.29, 1.82) is 0 Å². The molecule has 2 aromatic rings. The summed E-state index contributed by atoms with van der Waals surface area (Å²) in [7, 11) is 2.97. The van der Waals surface area contributed by atoms with Crippen LogP contribution in [0.4, 0.5) is 0 Å². The van der Waals surface area contributed by atoms with Gasteiger partial charge >= 0.3 is 0 Å². The highest BCUT2D eigenvalue weighted by Gasteiger charge is 2.45. The third kappa shape index (κ3) is 3.85. The Morgan fingerprint density at radius 2 is 1.73 bits per heavy atom. The molecule has 1 heterocycles. The smallest absolute Gasteiger partial charge is 0.295 e. The van der Waals surface area contributed by atoms with Crippen molar-refractivity contribution >= 4 is 40.7 Å². The Morgan fingerprint density at radius 3 is 2.33 bits per heavy atom. The fraction of sp³-hybridized carbons (Fsp3) is 0.273. The van der Waals surface area contributed by atoms with Crippen molar-refractivity contribution in [2.24, 2.45) is 0 Å². The third-order valence-corrected chi connectivity index (χ3v) is 5.66. The summed E-state index contributed by atoms with van der Waals surface area (Å²) in [6.07, 6.45) is 0.640. The molecule has 30 heavy (non-hydrogen) atoms. The summed E-state index contributed by atoms with van der Waals surface area (Å²) >= 11 is 12.2. The van der Waals surface area contributed by atoms with E-state index in [0.717, 1.165) is 0 Å². The molecule has 1 saturated heterocycles. The van der Waals surface area contributed by atoms with Gasteiger partial charge in [0.25, 0.3) is 11.7 Å². The first kappa shape index (κ1) is 22.0. The molecule has 1 atom stereocenters. The Morgan fingerprint density at radius 1 is 1.03 bits per heavy atom. The zero-order valence-electron chi connectivity index (χ0n) is 16.7. The van der Waals surface area contributed by atoms with Crippen molar-refractivity contribution < 1.29 is 24.2 Å². The van der Waals surface area contributed by atoms with E-state index >= 15 is 0 Å². The fourth-order valence-corrected chi connectivity index (χ4v) is 3.83. The molecule has 2 aromatic carbocycles. The summed E-state index contributed by atoms with van der Waals surface area (Å²) in [5.74, 6) is -0.873. The van der Waals surface area contributed by atoms with Gasteiger partial charge in [-0.3, -0.25) is 9.59 Å². The van der Waals surface area contributed by atoms with Gasteiger partial charge in [-0.2, -0.15) is 0 Å². The van der Waals surface area contributed by atoms with Crippen molar-refractivity contribution in [2.75, 3.05) is 20.8 Å². The van der Waals surface area contributed by atoms with Gasteiger partial charge in [-0.05, 0) is 42.3 Å². The second kappa shape index (κ2) is 8.98. The number of carbonyl (C=O) groups excluding carboxylic acids is 2. The van der Waals surface area contributed by atoms with Crippen molar-refractivity contribution in [3.8, 4) is 11.5 Å². The number of rotatable bonds is 6. The summed E-state index contributed by atoms with van der Waals surface area (Å²) < 4.78 is 10.5. The number of hydrogen-bond acceptors (Lipinski definition) is 5. The van der Waals surface area contributed by atoms with E-state index in [4.69, 9.17) is 32.7 Å².